The topological polar surface area (TPSA) is 15.6 Å². The molecule has 0 saturated heterocycles. The molecule has 0 saturated carbocycles. The molecule has 2 heteroatoms. The summed E-state index contributed by atoms with van der Waals surface area (Å²) in [6.45, 7) is 3.17. The predicted octanol–water partition coefficient (Wildman–Crippen LogP) is 1.65. The van der Waals surface area contributed by atoms with Gasteiger partial charge in [0, 0.05) is 25.7 Å². The van der Waals surface area contributed by atoms with Gasteiger partial charge in [0.05, 0.1) is 6.54 Å². The average Bonchev–Trinajstić information content (AvgIpc) is 2.20. The molecule has 2 aliphatic heterocycles. The van der Waals surface area contributed by atoms with E-state index >= 15 is 0 Å². The van der Waals surface area contributed by atoms with Crippen LogP contribution in [0, 0.1) is 0 Å². The van der Waals surface area contributed by atoms with Crippen molar-refractivity contribution in [3.8, 4) is 0 Å². The van der Waals surface area contributed by atoms with Crippen molar-refractivity contribution >= 4 is 6.21 Å². The number of dihydropyridines is 1. The van der Waals surface area contributed by atoms with Crippen molar-refractivity contribution in [2.75, 3.05) is 26.7 Å². The molecule has 0 radical (unpaired) electrons. The van der Waals surface area contributed by atoms with Crippen LogP contribution >= 0.6 is 0 Å². The van der Waals surface area contributed by atoms with Gasteiger partial charge in [0.2, 0.25) is 0 Å². The third-order valence-electron chi connectivity index (χ3n) is 2.71. The fourth-order valence-corrected chi connectivity index (χ4v) is 1.81. The quantitative estimate of drug-likeness (QED) is 0.593. The summed E-state index contributed by atoms with van der Waals surface area (Å²) in [5.74, 6) is 0. The molecule has 2 heterocycles. The first-order valence-electron chi connectivity index (χ1n) is 4.91. The van der Waals surface area contributed by atoms with Crippen molar-refractivity contribution in [1.29, 1.82) is 0 Å². The zero-order chi connectivity index (χ0) is 9.10. The van der Waals surface area contributed by atoms with Crippen LogP contribution in [-0.4, -0.2) is 37.8 Å². The SMILES string of the molecule is CN1CC=C(C2=CCN=CC2)CC1. The maximum absolute atomic E-state index is 4.20. The normalized spacial score (nSPS) is 24.1. The predicted molar refractivity (Wildman–Crippen MR) is 56.3 cm³/mol. The first-order chi connectivity index (χ1) is 6.36. The van der Waals surface area contributed by atoms with Crippen molar-refractivity contribution in [1.82, 2.24) is 4.90 Å². The Morgan fingerprint density at radius 3 is 2.85 bits per heavy atom. The van der Waals surface area contributed by atoms with E-state index in [1.165, 1.54) is 18.5 Å². The molecule has 0 spiro atoms. The summed E-state index contributed by atoms with van der Waals surface area (Å²) in [6, 6.07) is 0. The lowest BCUT2D eigenvalue weighted by molar-refractivity contribution is 0.360. The van der Waals surface area contributed by atoms with Gasteiger partial charge in [-0.25, -0.2) is 0 Å². The number of nitrogens with zero attached hydrogens (tertiary/aromatic N) is 2. The maximum Gasteiger partial charge on any atom is 0.0572 e. The molecule has 0 bridgehead atoms. The molecule has 2 rings (SSSR count). The van der Waals surface area contributed by atoms with Crippen LogP contribution in [0.5, 0.6) is 0 Å². The molecule has 0 N–H and O–H groups in total. The van der Waals surface area contributed by atoms with Gasteiger partial charge in [0.1, 0.15) is 0 Å². The smallest absolute Gasteiger partial charge is 0.0572 e. The minimum Gasteiger partial charge on any atom is -0.302 e. The Morgan fingerprint density at radius 2 is 2.23 bits per heavy atom. The van der Waals surface area contributed by atoms with Crippen molar-refractivity contribution in [2.24, 2.45) is 4.99 Å². The van der Waals surface area contributed by atoms with Crippen LogP contribution in [0.2, 0.25) is 0 Å². The molecule has 70 valence electrons. The van der Waals surface area contributed by atoms with Crippen molar-refractivity contribution < 1.29 is 0 Å². The second-order valence-corrected chi connectivity index (χ2v) is 3.72. The van der Waals surface area contributed by atoms with Crippen LogP contribution in [0.15, 0.2) is 28.3 Å². The van der Waals surface area contributed by atoms with Crippen LogP contribution in [0.4, 0.5) is 0 Å². The van der Waals surface area contributed by atoms with Gasteiger partial charge in [0.25, 0.3) is 0 Å². The van der Waals surface area contributed by atoms with E-state index < -0.39 is 0 Å². The summed E-state index contributed by atoms with van der Waals surface area (Å²) in [5.41, 5.74) is 3.05. The molecular weight excluding hydrogens is 160 g/mol. The van der Waals surface area contributed by atoms with E-state index in [0.717, 1.165) is 19.5 Å². The summed E-state index contributed by atoms with van der Waals surface area (Å²) in [4.78, 5) is 6.55. The summed E-state index contributed by atoms with van der Waals surface area (Å²) < 4.78 is 0. The fraction of sp³-hybridized carbons (Fsp3) is 0.545. The van der Waals surface area contributed by atoms with Gasteiger partial charge < -0.3 is 4.90 Å². The largest absolute Gasteiger partial charge is 0.302 e. The summed E-state index contributed by atoms with van der Waals surface area (Å²) in [7, 11) is 2.17. The first kappa shape index (κ1) is 8.70. The van der Waals surface area contributed by atoms with Crippen molar-refractivity contribution in [3.05, 3.63) is 23.3 Å². The lowest BCUT2D eigenvalue weighted by Gasteiger charge is -2.23. The number of hydrogen-bond acceptors (Lipinski definition) is 2. The monoisotopic (exact) mass is 176 g/mol. The molecule has 0 aromatic rings. The Balaban J connectivity index is 2.04. The average molecular weight is 176 g/mol. The lowest BCUT2D eigenvalue weighted by Crippen LogP contribution is -2.24. The number of allylic oxidation sites excluding steroid dienone is 1. The van der Waals surface area contributed by atoms with Gasteiger partial charge in [0.15, 0.2) is 0 Å². The van der Waals surface area contributed by atoms with Crippen molar-refractivity contribution in [3.63, 3.8) is 0 Å². The molecular formula is C11H16N2. The van der Waals surface area contributed by atoms with Gasteiger partial charge in [-0.2, -0.15) is 0 Å². The van der Waals surface area contributed by atoms with Crippen LogP contribution in [0.25, 0.3) is 0 Å². The molecule has 13 heavy (non-hydrogen) atoms. The Bertz CT molecular complexity index is 274. The molecule has 2 nitrogen and oxygen atoms in total. The summed E-state index contributed by atoms with van der Waals surface area (Å²) in [5, 5.41) is 0. The number of hydrogen-bond donors (Lipinski definition) is 0. The Labute approximate surface area is 79.7 Å². The minimum absolute atomic E-state index is 0.877. The molecule has 0 aromatic carbocycles. The van der Waals surface area contributed by atoms with Gasteiger partial charge in [-0.15, -0.1) is 0 Å². The lowest BCUT2D eigenvalue weighted by atomic mass is 9.96. The standard InChI is InChI=1S/C11H16N2/c1-13-8-4-11(5-9-13)10-2-6-12-7-3-10/h2,4,7H,3,5-6,8-9H2,1H3. The minimum atomic E-state index is 0.877. The number of rotatable bonds is 1. The Morgan fingerprint density at radius 1 is 1.31 bits per heavy atom. The van der Waals surface area contributed by atoms with E-state index in [9.17, 15) is 0 Å². The van der Waals surface area contributed by atoms with Crippen LogP contribution in [0.3, 0.4) is 0 Å². The molecule has 0 unspecified atom stereocenters. The van der Waals surface area contributed by atoms with E-state index in [-0.39, 0.29) is 0 Å². The third-order valence-corrected chi connectivity index (χ3v) is 2.71. The molecule has 0 aromatic heterocycles. The van der Waals surface area contributed by atoms with Gasteiger partial charge in [-0.1, -0.05) is 12.2 Å². The summed E-state index contributed by atoms with van der Waals surface area (Å²) in [6.07, 6.45) is 8.89. The Kier molecular flexibility index (Phi) is 2.60. The highest BCUT2D eigenvalue weighted by atomic mass is 15.1. The third kappa shape index (κ3) is 2.07. The van der Waals surface area contributed by atoms with E-state index in [0.29, 0.717) is 0 Å². The highest BCUT2D eigenvalue weighted by Gasteiger charge is 2.11. The van der Waals surface area contributed by atoms with E-state index in [2.05, 4.69) is 29.1 Å². The first-order valence-corrected chi connectivity index (χ1v) is 4.91. The van der Waals surface area contributed by atoms with E-state index in [1.807, 2.05) is 6.21 Å². The van der Waals surface area contributed by atoms with Gasteiger partial charge >= 0.3 is 0 Å². The van der Waals surface area contributed by atoms with Gasteiger partial charge in [-0.3, -0.25) is 4.99 Å². The second kappa shape index (κ2) is 3.88. The zero-order valence-corrected chi connectivity index (χ0v) is 8.16. The van der Waals surface area contributed by atoms with E-state index in [1.54, 1.807) is 5.57 Å². The molecule has 0 atom stereocenters. The number of aliphatic imine (C=N–C) groups is 1. The van der Waals surface area contributed by atoms with Crippen LogP contribution < -0.4 is 0 Å². The highest BCUT2D eigenvalue weighted by molar-refractivity contribution is 5.65. The Hall–Kier alpha value is -0.890. The molecule has 0 aliphatic carbocycles. The number of likely N-dealkylation sites (N-methyl/N-ethyl adjacent to an activating group) is 1. The summed E-state index contributed by atoms with van der Waals surface area (Å²) >= 11 is 0. The zero-order valence-electron chi connectivity index (χ0n) is 8.16. The highest BCUT2D eigenvalue weighted by Crippen LogP contribution is 2.21. The maximum atomic E-state index is 4.20. The van der Waals surface area contributed by atoms with Crippen LogP contribution in [-0.2, 0) is 0 Å². The van der Waals surface area contributed by atoms with Crippen LogP contribution in [0.1, 0.15) is 12.8 Å². The molecule has 0 fully saturated rings. The molecule has 2 aliphatic rings. The fourth-order valence-electron chi connectivity index (χ4n) is 1.81. The van der Waals surface area contributed by atoms with E-state index in [4.69, 9.17) is 0 Å². The molecule has 0 amide bonds. The van der Waals surface area contributed by atoms with Gasteiger partial charge in [-0.05, 0) is 24.6 Å². The van der Waals surface area contributed by atoms with Crippen molar-refractivity contribution in [2.45, 2.75) is 12.8 Å². The second-order valence-electron chi connectivity index (χ2n) is 3.72.